The lowest BCUT2D eigenvalue weighted by atomic mass is 9.89. The fourth-order valence-electron chi connectivity index (χ4n) is 5.19. The Balaban J connectivity index is 1.47. The Labute approximate surface area is 195 Å². The van der Waals surface area contributed by atoms with Crippen molar-refractivity contribution >= 4 is 34.5 Å². The van der Waals surface area contributed by atoms with Crippen LogP contribution < -0.4 is 21.5 Å². The summed E-state index contributed by atoms with van der Waals surface area (Å²) < 4.78 is 4.27. The van der Waals surface area contributed by atoms with Crippen molar-refractivity contribution in [2.75, 3.05) is 23.7 Å². The van der Waals surface area contributed by atoms with Gasteiger partial charge >= 0.3 is 5.69 Å². The second-order valence-electron chi connectivity index (χ2n) is 8.80. The number of piperidine rings is 1. The molecular formula is C23H28N6O3S. The summed E-state index contributed by atoms with van der Waals surface area (Å²) in [6, 6.07) is 6.48. The highest BCUT2D eigenvalue weighted by Gasteiger charge is 2.42. The Morgan fingerprint density at radius 3 is 2.79 bits per heavy atom. The van der Waals surface area contributed by atoms with Gasteiger partial charge in [-0.25, -0.2) is 9.78 Å². The highest BCUT2D eigenvalue weighted by molar-refractivity contribution is 7.99. The summed E-state index contributed by atoms with van der Waals surface area (Å²) in [6.45, 7) is 6.30. The molecule has 0 bridgehead atoms. The van der Waals surface area contributed by atoms with E-state index in [2.05, 4.69) is 35.4 Å². The number of aromatic nitrogens is 4. The van der Waals surface area contributed by atoms with E-state index in [1.807, 2.05) is 11.8 Å². The number of thioether (sulfide) groups is 1. The number of aryl methyl sites for hydroxylation is 3. The highest BCUT2D eigenvalue weighted by atomic mass is 32.2. The summed E-state index contributed by atoms with van der Waals surface area (Å²) in [5.41, 5.74) is 3.39. The number of carbonyl (C=O) groups is 1. The molecule has 2 aliphatic heterocycles. The second-order valence-corrected chi connectivity index (χ2v) is 9.74. The molecule has 4 heterocycles. The second kappa shape index (κ2) is 8.18. The maximum atomic E-state index is 13.5. The summed E-state index contributed by atoms with van der Waals surface area (Å²) in [7, 11) is 3.08. The predicted octanol–water partition coefficient (Wildman–Crippen LogP) is 1.35. The molecular weight excluding hydrogens is 440 g/mol. The van der Waals surface area contributed by atoms with Gasteiger partial charge in [0.15, 0.2) is 16.3 Å². The van der Waals surface area contributed by atoms with Crippen LogP contribution in [0.1, 0.15) is 30.4 Å². The smallest absolute Gasteiger partial charge is 0.316 e. The van der Waals surface area contributed by atoms with E-state index in [4.69, 9.17) is 0 Å². The monoisotopic (exact) mass is 468 g/mol. The lowest BCUT2D eigenvalue weighted by Gasteiger charge is -2.32. The van der Waals surface area contributed by atoms with Gasteiger partial charge in [-0.3, -0.25) is 18.7 Å². The van der Waals surface area contributed by atoms with Crippen molar-refractivity contribution in [1.29, 1.82) is 0 Å². The first-order valence-corrected chi connectivity index (χ1v) is 12.2. The summed E-state index contributed by atoms with van der Waals surface area (Å²) >= 11 is 1.32. The molecule has 9 nitrogen and oxygen atoms in total. The molecule has 3 aromatic rings. The Morgan fingerprint density at radius 2 is 2.03 bits per heavy atom. The first-order chi connectivity index (χ1) is 15.8. The van der Waals surface area contributed by atoms with Crippen molar-refractivity contribution in [2.45, 2.75) is 43.9 Å². The van der Waals surface area contributed by atoms with Gasteiger partial charge in [-0.05, 0) is 38.4 Å². The fourth-order valence-corrected chi connectivity index (χ4v) is 6.10. The average molecular weight is 469 g/mol. The van der Waals surface area contributed by atoms with Crippen LogP contribution in [0, 0.1) is 6.92 Å². The SMILES string of the molecule is CCn1c(SCC(=O)N2c3ccc(C)cc3C3CNCCC32)nc2c1c(=O)n(C)c(=O)n2C. The van der Waals surface area contributed by atoms with Gasteiger partial charge in [0.25, 0.3) is 5.56 Å². The minimum Gasteiger partial charge on any atom is -0.316 e. The van der Waals surface area contributed by atoms with Crippen LogP contribution in [0.4, 0.5) is 5.69 Å². The molecule has 2 atom stereocenters. The van der Waals surface area contributed by atoms with Gasteiger partial charge in [-0.1, -0.05) is 29.5 Å². The van der Waals surface area contributed by atoms with Crippen molar-refractivity contribution in [3.63, 3.8) is 0 Å². The summed E-state index contributed by atoms with van der Waals surface area (Å²) in [5.74, 6) is 0.554. The predicted molar refractivity (Wildman–Crippen MR) is 129 cm³/mol. The molecule has 1 N–H and O–H groups in total. The van der Waals surface area contributed by atoms with E-state index in [1.54, 1.807) is 11.6 Å². The highest BCUT2D eigenvalue weighted by Crippen LogP contribution is 2.44. The largest absolute Gasteiger partial charge is 0.332 e. The number of amides is 1. The Morgan fingerprint density at radius 1 is 1.24 bits per heavy atom. The van der Waals surface area contributed by atoms with Crippen LogP contribution >= 0.6 is 11.8 Å². The van der Waals surface area contributed by atoms with E-state index in [9.17, 15) is 14.4 Å². The number of nitrogens with zero attached hydrogens (tertiary/aromatic N) is 5. The van der Waals surface area contributed by atoms with Gasteiger partial charge in [-0.15, -0.1) is 0 Å². The first-order valence-electron chi connectivity index (χ1n) is 11.3. The zero-order chi connectivity index (χ0) is 23.4. The number of anilines is 1. The van der Waals surface area contributed by atoms with Crippen LogP contribution in [-0.4, -0.2) is 49.5 Å². The molecule has 1 saturated heterocycles. The third-order valence-electron chi connectivity index (χ3n) is 6.84. The van der Waals surface area contributed by atoms with Crippen LogP contribution in [0.3, 0.4) is 0 Å². The molecule has 0 saturated carbocycles. The summed E-state index contributed by atoms with van der Waals surface area (Å²) in [6.07, 6.45) is 0.917. The minimum atomic E-state index is -0.415. The van der Waals surface area contributed by atoms with Crippen molar-refractivity contribution in [1.82, 2.24) is 24.0 Å². The van der Waals surface area contributed by atoms with E-state index in [0.717, 1.165) is 29.8 Å². The standard InChI is InChI=1S/C23H28N6O3S/c1-5-28-19-20(26(3)23(32)27(4)21(19)31)25-22(28)33-12-18(30)29-16-7-6-13(2)10-14(16)15-11-24-9-8-17(15)29/h6-7,10,15,17,24H,5,8-9,11-12H2,1-4H3. The number of benzene rings is 1. The molecule has 174 valence electrons. The van der Waals surface area contributed by atoms with Gasteiger partial charge < -0.3 is 14.8 Å². The third kappa shape index (κ3) is 3.34. The Kier molecular flexibility index (Phi) is 5.44. The van der Waals surface area contributed by atoms with Crippen molar-refractivity contribution < 1.29 is 4.79 Å². The minimum absolute atomic E-state index is 0.0380. The average Bonchev–Trinajstić information content (AvgIpc) is 3.35. The zero-order valence-electron chi connectivity index (χ0n) is 19.3. The number of rotatable bonds is 4. The fraction of sp³-hybridized carbons (Fsp3) is 0.478. The molecule has 0 aliphatic carbocycles. The topological polar surface area (TPSA) is 94.2 Å². The number of fused-ring (bicyclic) bond motifs is 4. The molecule has 0 spiro atoms. The molecule has 33 heavy (non-hydrogen) atoms. The summed E-state index contributed by atoms with van der Waals surface area (Å²) in [5, 5.41) is 4.04. The quantitative estimate of drug-likeness (QED) is 0.581. The molecule has 1 aromatic carbocycles. The molecule has 2 aromatic heterocycles. The number of hydrogen-bond donors (Lipinski definition) is 1. The molecule has 2 aliphatic rings. The Bertz CT molecular complexity index is 1390. The third-order valence-corrected chi connectivity index (χ3v) is 7.80. The number of nitrogens with one attached hydrogen (secondary N) is 1. The maximum Gasteiger partial charge on any atom is 0.332 e. The normalized spacial score (nSPS) is 19.7. The van der Waals surface area contributed by atoms with E-state index in [1.165, 1.54) is 34.5 Å². The lowest BCUT2D eigenvalue weighted by Crippen LogP contribution is -2.47. The molecule has 10 heteroatoms. The van der Waals surface area contributed by atoms with Gasteiger partial charge in [0.2, 0.25) is 5.91 Å². The van der Waals surface area contributed by atoms with E-state index >= 15 is 0 Å². The van der Waals surface area contributed by atoms with Crippen LogP contribution in [0.25, 0.3) is 11.2 Å². The van der Waals surface area contributed by atoms with Crippen molar-refractivity contribution in [3.05, 3.63) is 50.2 Å². The van der Waals surface area contributed by atoms with Crippen LogP contribution in [0.5, 0.6) is 0 Å². The maximum absolute atomic E-state index is 13.5. The molecule has 1 amide bonds. The van der Waals surface area contributed by atoms with Crippen molar-refractivity contribution in [3.8, 4) is 0 Å². The van der Waals surface area contributed by atoms with E-state index < -0.39 is 5.69 Å². The van der Waals surface area contributed by atoms with E-state index in [-0.39, 0.29) is 23.3 Å². The van der Waals surface area contributed by atoms with E-state index in [0.29, 0.717) is 28.8 Å². The van der Waals surface area contributed by atoms with Crippen LogP contribution in [0.2, 0.25) is 0 Å². The number of hydrogen-bond acceptors (Lipinski definition) is 6. The van der Waals surface area contributed by atoms with Gasteiger partial charge in [0.1, 0.15) is 0 Å². The molecule has 2 unspecified atom stereocenters. The zero-order valence-corrected chi connectivity index (χ0v) is 20.1. The molecule has 0 radical (unpaired) electrons. The first kappa shape index (κ1) is 22.0. The van der Waals surface area contributed by atoms with Crippen LogP contribution in [0.15, 0.2) is 32.9 Å². The summed E-state index contributed by atoms with van der Waals surface area (Å²) in [4.78, 5) is 45.1. The Hall–Kier alpha value is -2.85. The lowest BCUT2D eigenvalue weighted by molar-refractivity contribution is -0.116. The molecule has 1 fully saturated rings. The number of imidazole rings is 1. The van der Waals surface area contributed by atoms with Gasteiger partial charge in [0.05, 0.1) is 5.75 Å². The van der Waals surface area contributed by atoms with Gasteiger partial charge in [0, 0.05) is 44.8 Å². The molecule has 5 rings (SSSR count). The number of carbonyl (C=O) groups excluding carboxylic acids is 1. The van der Waals surface area contributed by atoms with Crippen LogP contribution in [-0.2, 0) is 25.4 Å². The van der Waals surface area contributed by atoms with Crippen molar-refractivity contribution in [2.24, 2.45) is 14.1 Å². The van der Waals surface area contributed by atoms with Gasteiger partial charge in [-0.2, -0.15) is 0 Å².